The zero-order chi connectivity index (χ0) is 15.0. The summed E-state index contributed by atoms with van der Waals surface area (Å²) in [6.07, 6.45) is 1.35. The van der Waals surface area contributed by atoms with E-state index < -0.39 is 15.4 Å². The van der Waals surface area contributed by atoms with E-state index in [0.717, 1.165) is 6.42 Å². The largest absolute Gasteiger partial charge is 0.383 e. The molecule has 0 bridgehead atoms. The van der Waals surface area contributed by atoms with Crippen LogP contribution in [0.4, 0.5) is 11.6 Å². The van der Waals surface area contributed by atoms with E-state index in [-0.39, 0.29) is 22.9 Å². The second-order valence-corrected chi connectivity index (χ2v) is 7.58. The van der Waals surface area contributed by atoms with Gasteiger partial charge < -0.3 is 11.1 Å². The summed E-state index contributed by atoms with van der Waals surface area (Å²) in [5, 5.41) is 16.6. The normalized spacial score (nSPS) is 24.4. The van der Waals surface area contributed by atoms with Crippen LogP contribution in [0.3, 0.4) is 0 Å². The summed E-state index contributed by atoms with van der Waals surface area (Å²) < 4.78 is 24.9. The Bertz CT molecular complexity index is 658. The van der Waals surface area contributed by atoms with Crippen molar-refractivity contribution in [1.82, 2.24) is 9.78 Å². The molecule has 0 aliphatic carbocycles. The van der Waals surface area contributed by atoms with E-state index in [0.29, 0.717) is 18.8 Å². The molecule has 1 aromatic heterocycles. The lowest BCUT2D eigenvalue weighted by molar-refractivity contribution is 0.335. The molecular formula is C12H19N5O2S. The van der Waals surface area contributed by atoms with Crippen LogP contribution in [0.25, 0.3) is 0 Å². The van der Waals surface area contributed by atoms with Gasteiger partial charge >= 0.3 is 0 Å². The monoisotopic (exact) mass is 297 g/mol. The molecule has 7 nitrogen and oxygen atoms in total. The fourth-order valence-corrected chi connectivity index (χ4v) is 4.59. The maximum Gasteiger partial charge on any atom is 0.168 e. The second kappa shape index (κ2) is 4.98. The number of nitriles is 1. The molecular weight excluding hydrogens is 278 g/mol. The van der Waals surface area contributed by atoms with E-state index in [1.807, 2.05) is 19.9 Å². The molecule has 20 heavy (non-hydrogen) atoms. The highest BCUT2D eigenvalue weighted by atomic mass is 32.2. The Labute approximate surface area is 118 Å². The number of nitrogens with one attached hydrogen (secondary N) is 1. The van der Waals surface area contributed by atoms with Crippen molar-refractivity contribution in [1.29, 1.82) is 5.26 Å². The van der Waals surface area contributed by atoms with E-state index in [2.05, 4.69) is 10.4 Å². The SMILES string of the molecule is CCCNc1nn(C2(C)CCS(=O)(=O)C2)c(N)c1C#N. The summed E-state index contributed by atoms with van der Waals surface area (Å²) >= 11 is 0. The van der Waals surface area contributed by atoms with Crippen LogP contribution in [0.1, 0.15) is 32.3 Å². The minimum atomic E-state index is -3.07. The number of sulfone groups is 1. The average Bonchev–Trinajstić information content (AvgIpc) is 2.85. The summed E-state index contributed by atoms with van der Waals surface area (Å²) in [6.45, 7) is 4.50. The molecule has 1 saturated heterocycles. The third kappa shape index (κ3) is 2.45. The van der Waals surface area contributed by atoms with Gasteiger partial charge in [0.15, 0.2) is 15.7 Å². The van der Waals surface area contributed by atoms with E-state index in [1.165, 1.54) is 4.68 Å². The number of aromatic nitrogens is 2. The first-order valence-electron chi connectivity index (χ1n) is 6.56. The first kappa shape index (κ1) is 14.7. The number of nitrogens with zero attached hydrogens (tertiary/aromatic N) is 3. The van der Waals surface area contributed by atoms with Crippen molar-refractivity contribution in [2.24, 2.45) is 0 Å². The third-order valence-corrected chi connectivity index (χ3v) is 5.46. The van der Waals surface area contributed by atoms with Gasteiger partial charge in [-0.2, -0.15) is 10.4 Å². The van der Waals surface area contributed by atoms with Crippen LogP contribution in [-0.4, -0.2) is 36.2 Å². The molecule has 0 radical (unpaired) electrons. The Hall–Kier alpha value is -1.75. The zero-order valence-electron chi connectivity index (χ0n) is 11.7. The summed E-state index contributed by atoms with van der Waals surface area (Å²) in [5.74, 6) is 0.787. The van der Waals surface area contributed by atoms with Crippen molar-refractivity contribution in [2.75, 3.05) is 29.1 Å². The van der Waals surface area contributed by atoms with Gasteiger partial charge in [-0.25, -0.2) is 13.1 Å². The van der Waals surface area contributed by atoms with Gasteiger partial charge in [0.25, 0.3) is 0 Å². The van der Waals surface area contributed by atoms with E-state index in [9.17, 15) is 13.7 Å². The molecule has 8 heteroatoms. The van der Waals surface area contributed by atoms with Crippen LogP contribution in [-0.2, 0) is 15.4 Å². The van der Waals surface area contributed by atoms with Crippen molar-refractivity contribution >= 4 is 21.5 Å². The minimum absolute atomic E-state index is 0.00393. The van der Waals surface area contributed by atoms with Gasteiger partial charge in [-0.3, -0.25) is 0 Å². The minimum Gasteiger partial charge on any atom is -0.383 e. The van der Waals surface area contributed by atoms with Gasteiger partial charge in [0.2, 0.25) is 0 Å². The Kier molecular flexibility index (Phi) is 3.65. The molecule has 0 amide bonds. The van der Waals surface area contributed by atoms with Gasteiger partial charge in [0, 0.05) is 6.54 Å². The van der Waals surface area contributed by atoms with Crippen molar-refractivity contribution in [3.05, 3.63) is 5.56 Å². The molecule has 2 rings (SSSR count). The van der Waals surface area contributed by atoms with Gasteiger partial charge in [-0.15, -0.1) is 0 Å². The van der Waals surface area contributed by atoms with Gasteiger partial charge in [0.05, 0.1) is 17.0 Å². The number of anilines is 2. The second-order valence-electron chi connectivity index (χ2n) is 5.40. The van der Waals surface area contributed by atoms with E-state index in [1.54, 1.807) is 0 Å². The number of nitrogen functional groups attached to an aromatic ring is 1. The van der Waals surface area contributed by atoms with Crippen molar-refractivity contribution in [3.63, 3.8) is 0 Å². The smallest absolute Gasteiger partial charge is 0.168 e. The molecule has 110 valence electrons. The summed E-state index contributed by atoms with van der Waals surface area (Å²) in [4.78, 5) is 0. The highest BCUT2D eigenvalue weighted by Crippen LogP contribution is 2.35. The molecule has 1 aliphatic rings. The standard InChI is InChI=1S/C12H19N5O2S/c1-3-5-15-11-9(7-13)10(14)17(16-11)12(2)4-6-20(18,19)8-12/h3-6,8,14H2,1-2H3,(H,15,16). The van der Waals surface area contributed by atoms with Crippen LogP contribution in [0.2, 0.25) is 0 Å². The fourth-order valence-electron chi connectivity index (χ4n) is 2.48. The lowest BCUT2D eigenvalue weighted by Crippen LogP contribution is -2.33. The number of hydrogen-bond donors (Lipinski definition) is 2. The molecule has 2 heterocycles. The fraction of sp³-hybridized carbons (Fsp3) is 0.667. The lowest BCUT2D eigenvalue weighted by atomic mass is 10.0. The summed E-state index contributed by atoms with van der Waals surface area (Å²) in [5.41, 5.74) is 5.58. The Balaban J connectivity index is 2.43. The van der Waals surface area contributed by atoms with Crippen molar-refractivity contribution in [2.45, 2.75) is 32.2 Å². The number of nitrogens with two attached hydrogens (primary N) is 1. The molecule has 1 aliphatic heterocycles. The first-order chi connectivity index (χ1) is 9.33. The molecule has 1 atom stereocenters. The van der Waals surface area contributed by atoms with Gasteiger partial charge in [-0.1, -0.05) is 6.92 Å². The molecule has 1 fully saturated rings. The molecule has 0 saturated carbocycles. The highest BCUT2D eigenvalue weighted by molar-refractivity contribution is 7.91. The topological polar surface area (TPSA) is 114 Å². The van der Waals surface area contributed by atoms with Crippen LogP contribution in [0.5, 0.6) is 0 Å². The third-order valence-electron chi connectivity index (χ3n) is 3.57. The number of hydrogen-bond acceptors (Lipinski definition) is 6. The lowest BCUT2D eigenvalue weighted by Gasteiger charge is -2.23. The molecule has 0 spiro atoms. The van der Waals surface area contributed by atoms with Crippen molar-refractivity contribution in [3.8, 4) is 6.07 Å². The zero-order valence-corrected chi connectivity index (χ0v) is 12.5. The Morgan fingerprint density at radius 2 is 2.30 bits per heavy atom. The van der Waals surface area contributed by atoms with Gasteiger partial charge in [-0.05, 0) is 19.8 Å². The predicted octanol–water partition coefficient (Wildman–Crippen LogP) is 0.693. The molecule has 1 aromatic rings. The highest BCUT2D eigenvalue weighted by Gasteiger charge is 2.42. The van der Waals surface area contributed by atoms with Crippen molar-refractivity contribution < 1.29 is 8.42 Å². The maximum atomic E-state index is 11.7. The molecule has 1 unspecified atom stereocenters. The Morgan fingerprint density at radius 1 is 1.60 bits per heavy atom. The average molecular weight is 297 g/mol. The molecule has 3 N–H and O–H groups in total. The van der Waals surface area contributed by atoms with E-state index in [4.69, 9.17) is 5.73 Å². The predicted molar refractivity (Wildman–Crippen MR) is 77.1 cm³/mol. The Morgan fingerprint density at radius 3 is 2.80 bits per heavy atom. The van der Waals surface area contributed by atoms with Crippen LogP contribution >= 0.6 is 0 Å². The van der Waals surface area contributed by atoms with Crippen LogP contribution in [0.15, 0.2) is 0 Å². The summed E-state index contributed by atoms with van der Waals surface area (Å²) in [6, 6.07) is 2.03. The van der Waals surface area contributed by atoms with Gasteiger partial charge in [0.1, 0.15) is 17.5 Å². The molecule has 0 aromatic carbocycles. The van der Waals surface area contributed by atoms with Crippen LogP contribution < -0.4 is 11.1 Å². The maximum absolute atomic E-state index is 11.7. The quantitative estimate of drug-likeness (QED) is 0.845. The van der Waals surface area contributed by atoms with E-state index >= 15 is 0 Å². The van der Waals surface area contributed by atoms with Crippen LogP contribution in [0, 0.1) is 11.3 Å². The summed E-state index contributed by atoms with van der Waals surface area (Å²) in [7, 11) is -3.07. The first-order valence-corrected chi connectivity index (χ1v) is 8.38. The number of rotatable bonds is 4.